The van der Waals surface area contributed by atoms with Crippen molar-refractivity contribution in [3.63, 3.8) is 0 Å². The molecule has 3 atom stereocenters. The summed E-state index contributed by atoms with van der Waals surface area (Å²) in [6.45, 7) is 2.25. The van der Waals surface area contributed by atoms with Crippen LogP contribution in [0.2, 0.25) is 0 Å². The minimum absolute atomic E-state index is 0.166. The first-order valence-corrected chi connectivity index (χ1v) is 8.30. The summed E-state index contributed by atoms with van der Waals surface area (Å²) in [7, 11) is 0. The van der Waals surface area contributed by atoms with Gasteiger partial charge in [-0.15, -0.1) is 0 Å². The Morgan fingerprint density at radius 3 is 2.60 bits per heavy atom. The van der Waals surface area contributed by atoms with Crippen LogP contribution in [0.15, 0.2) is 30.3 Å². The second-order valence-corrected chi connectivity index (χ2v) is 6.08. The topological polar surface area (TPSA) is 32.3 Å². The van der Waals surface area contributed by atoms with Gasteiger partial charge in [0.1, 0.15) is 0 Å². The van der Waals surface area contributed by atoms with Gasteiger partial charge in [0, 0.05) is 12.1 Å². The van der Waals surface area contributed by atoms with Gasteiger partial charge < -0.3 is 10.4 Å². The predicted molar refractivity (Wildman–Crippen MR) is 84.7 cm³/mol. The van der Waals surface area contributed by atoms with Crippen molar-refractivity contribution >= 4 is 0 Å². The number of aliphatic hydroxyl groups excluding tert-OH is 1. The zero-order valence-corrected chi connectivity index (χ0v) is 12.7. The third-order valence-electron chi connectivity index (χ3n) is 4.44. The Morgan fingerprint density at radius 2 is 1.90 bits per heavy atom. The van der Waals surface area contributed by atoms with Crippen molar-refractivity contribution < 1.29 is 5.11 Å². The van der Waals surface area contributed by atoms with Gasteiger partial charge in [-0.2, -0.15) is 0 Å². The van der Waals surface area contributed by atoms with Crippen molar-refractivity contribution in [3.8, 4) is 0 Å². The van der Waals surface area contributed by atoms with E-state index >= 15 is 0 Å². The highest BCUT2D eigenvalue weighted by atomic mass is 16.3. The molecule has 1 aliphatic rings. The number of unbranched alkanes of at least 4 members (excludes halogenated alkanes) is 2. The number of rotatable bonds is 7. The first-order chi connectivity index (χ1) is 9.81. The quantitative estimate of drug-likeness (QED) is 0.731. The number of benzene rings is 1. The SMILES string of the molecule is CCCCCC(NC1CCCCC1O)c1ccccc1. The Kier molecular flexibility index (Phi) is 6.55. The molecule has 0 saturated heterocycles. The molecule has 112 valence electrons. The Morgan fingerprint density at radius 1 is 1.15 bits per heavy atom. The fourth-order valence-electron chi connectivity index (χ4n) is 3.19. The predicted octanol–water partition coefficient (Wildman–Crippen LogP) is 4.20. The van der Waals surface area contributed by atoms with Crippen LogP contribution < -0.4 is 5.32 Å². The third kappa shape index (κ3) is 4.60. The van der Waals surface area contributed by atoms with E-state index in [9.17, 15) is 5.11 Å². The standard InChI is InChI=1S/C18H29NO/c1-2-3-5-12-16(15-10-6-4-7-11-15)19-17-13-8-9-14-18(17)20/h4,6-7,10-11,16-20H,2-3,5,8-9,12-14H2,1H3. The fourth-order valence-corrected chi connectivity index (χ4v) is 3.19. The van der Waals surface area contributed by atoms with Gasteiger partial charge in [-0.25, -0.2) is 0 Å². The molecule has 1 aromatic rings. The van der Waals surface area contributed by atoms with Crippen LogP contribution in [0, 0.1) is 0 Å². The number of aliphatic hydroxyl groups is 1. The van der Waals surface area contributed by atoms with Gasteiger partial charge in [0.15, 0.2) is 0 Å². The summed E-state index contributed by atoms with van der Waals surface area (Å²) >= 11 is 0. The van der Waals surface area contributed by atoms with E-state index in [4.69, 9.17) is 0 Å². The molecule has 0 aliphatic heterocycles. The smallest absolute Gasteiger partial charge is 0.0693 e. The lowest BCUT2D eigenvalue weighted by Gasteiger charge is -2.32. The van der Waals surface area contributed by atoms with Crippen LogP contribution in [0.5, 0.6) is 0 Å². The number of nitrogens with one attached hydrogen (secondary N) is 1. The summed E-state index contributed by atoms with van der Waals surface area (Å²) in [6, 6.07) is 11.4. The maximum Gasteiger partial charge on any atom is 0.0693 e. The molecule has 0 aromatic heterocycles. The van der Waals surface area contributed by atoms with Crippen LogP contribution in [0.1, 0.15) is 69.9 Å². The molecule has 2 rings (SSSR count). The Labute approximate surface area is 123 Å². The van der Waals surface area contributed by atoms with Crippen LogP contribution in [-0.2, 0) is 0 Å². The van der Waals surface area contributed by atoms with Gasteiger partial charge in [-0.3, -0.25) is 0 Å². The molecule has 1 fully saturated rings. The van der Waals surface area contributed by atoms with Crippen LogP contribution in [0.4, 0.5) is 0 Å². The molecule has 0 heterocycles. The second kappa shape index (κ2) is 8.43. The zero-order chi connectivity index (χ0) is 14.2. The molecule has 1 aliphatic carbocycles. The van der Waals surface area contributed by atoms with Crippen LogP contribution in [0.25, 0.3) is 0 Å². The molecule has 0 spiro atoms. The van der Waals surface area contributed by atoms with Crippen LogP contribution >= 0.6 is 0 Å². The average Bonchev–Trinajstić information content (AvgIpc) is 2.49. The molecule has 0 amide bonds. The Hall–Kier alpha value is -0.860. The lowest BCUT2D eigenvalue weighted by atomic mass is 9.90. The summed E-state index contributed by atoms with van der Waals surface area (Å²) in [5.74, 6) is 0. The highest BCUT2D eigenvalue weighted by molar-refractivity contribution is 5.19. The van der Waals surface area contributed by atoms with Crippen molar-refractivity contribution in [3.05, 3.63) is 35.9 Å². The minimum atomic E-state index is -0.166. The fraction of sp³-hybridized carbons (Fsp3) is 0.667. The summed E-state index contributed by atoms with van der Waals surface area (Å²) in [4.78, 5) is 0. The van der Waals surface area contributed by atoms with E-state index in [0.717, 1.165) is 12.8 Å². The van der Waals surface area contributed by atoms with E-state index < -0.39 is 0 Å². The van der Waals surface area contributed by atoms with Gasteiger partial charge in [-0.1, -0.05) is 69.4 Å². The summed E-state index contributed by atoms with van der Waals surface area (Å²) < 4.78 is 0. The molecule has 20 heavy (non-hydrogen) atoms. The van der Waals surface area contributed by atoms with Crippen LogP contribution in [-0.4, -0.2) is 17.3 Å². The average molecular weight is 275 g/mol. The molecule has 3 unspecified atom stereocenters. The maximum absolute atomic E-state index is 10.2. The van der Waals surface area contributed by atoms with E-state index in [2.05, 4.69) is 42.6 Å². The van der Waals surface area contributed by atoms with E-state index in [1.54, 1.807) is 0 Å². The van der Waals surface area contributed by atoms with E-state index in [-0.39, 0.29) is 12.1 Å². The second-order valence-electron chi connectivity index (χ2n) is 6.08. The maximum atomic E-state index is 10.2. The lowest BCUT2D eigenvalue weighted by molar-refractivity contribution is 0.0839. The van der Waals surface area contributed by atoms with Crippen molar-refractivity contribution in [1.29, 1.82) is 0 Å². The molecule has 1 aromatic carbocycles. The normalized spacial score (nSPS) is 24.5. The first kappa shape index (κ1) is 15.5. The molecule has 2 heteroatoms. The highest BCUT2D eigenvalue weighted by Gasteiger charge is 2.25. The van der Waals surface area contributed by atoms with Gasteiger partial charge >= 0.3 is 0 Å². The Bertz CT molecular complexity index is 365. The molecular weight excluding hydrogens is 246 g/mol. The monoisotopic (exact) mass is 275 g/mol. The van der Waals surface area contributed by atoms with E-state index in [0.29, 0.717) is 6.04 Å². The minimum Gasteiger partial charge on any atom is -0.392 e. The summed E-state index contributed by atoms with van der Waals surface area (Å²) in [5.41, 5.74) is 1.36. The van der Waals surface area contributed by atoms with Crippen molar-refractivity contribution in [2.45, 2.75) is 76.5 Å². The van der Waals surface area contributed by atoms with Crippen LogP contribution in [0.3, 0.4) is 0 Å². The number of hydrogen-bond donors (Lipinski definition) is 2. The number of hydrogen-bond acceptors (Lipinski definition) is 2. The molecule has 0 bridgehead atoms. The molecular formula is C18H29NO. The molecule has 0 radical (unpaired) electrons. The summed E-state index contributed by atoms with van der Waals surface area (Å²) in [5, 5.41) is 13.9. The molecule has 2 nitrogen and oxygen atoms in total. The van der Waals surface area contributed by atoms with Crippen molar-refractivity contribution in [1.82, 2.24) is 5.32 Å². The van der Waals surface area contributed by atoms with E-state index in [1.165, 1.54) is 44.1 Å². The Balaban J connectivity index is 1.98. The summed E-state index contributed by atoms with van der Waals surface area (Å²) in [6.07, 6.45) is 9.28. The van der Waals surface area contributed by atoms with Gasteiger partial charge in [0.05, 0.1) is 6.10 Å². The third-order valence-corrected chi connectivity index (χ3v) is 4.44. The first-order valence-electron chi connectivity index (χ1n) is 8.30. The zero-order valence-electron chi connectivity index (χ0n) is 12.7. The molecule has 2 N–H and O–H groups in total. The van der Waals surface area contributed by atoms with Gasteiger partial charge in [0.25, 0.3) is 0 Å². The van der Waals surface area contributed by atoms with Gasteiger partial charge in [0.2, 0.25) is 0 Å². The highest BCUT2D eigenvalue weighted by Crippen LogP contribution is 2.25. The van der Waals surface area contributed by atoms with Crippen molar-refractivity contribution in [2.75, 3.05) is 0 Å². The van der Waals surface area contributed by atoms with Gasteiger partial charge in [-0.05, 0) is 24.8 Å². The largest absolute Gasteiger partial charge is 0.392 e. The van der Waals surface area contributed by atoms with Crippen molar-refractivity contribution in [2.24, 2.45) is 0 Å². The molecule has 1 saturated carbocycles. The lowest BCUT2D eigenvalue weighted by Crippen LogP contribution is -2.43. The van der Waals surface area contributed by atoms with E-state index in [1.807, 2.05) is 0 Å².